The number of benzene rings is 3. The Bertz CT molecular complexity index is 1010. The predicted octanol–water partition coefficient (Wildman–Crippen LogP) is 5.76. The first-order valence-electron chi connectivity index (χ1n) is 6.44. The third kappa shape index (κ3) is 2.25. The van der Waals surface area contributed by atoms with Crippen molar-refractivity contribution < 1.29 is 39.5 Å². The second-order valence-electron chi connectivity index (χ2n) is 4.92. The molecule has 0 unspecified atom stereocenters. The van der Waals surface area contributed by atoms with Gasteiger partial charge in [0, 0.05) is 10.9 Å². The summed E-state index contributed by atoms with van der Waals surface area (Å²) in [4.78, 5) is 0. The minimum absolute atomic E-state index is 0.569. The lowest BCUT2D eigenvalue weighted by atomic mass is 9.95. The quantitative estimate of drug-likeness (QED) is 0.292. The van der Waals surface area contributed by atoms with Crippen molar-refractivity contribution in [1.29, 1.82) is 0 Å². The van der Waals surface area contributed by atoms with E-state index >= 15 is 0 Å². The highest BCUT2D eigenvalue weighted by molar-refractivity contribution is 5.98. The van der Waals surface area contributed by atoms with Gasteiger partial charge < -0.3 is 0 Å². The molecule has 0 N–H and O–H groups in total. The van der Waals surface area contributed by atoms with Crippen molar-refractivity contribution >= 4 is 10.8 Å². The number of rotatable bonds is 1. The van der Waals surface area contributed by atoms with Crippen LogP contribution < -0.4 is 0 Å². The zero-order chi connectivity index (χ0) is 18.6. The van der Waals surface area contributed by atoms with E-state index in [1.54, 1.807) is 0 Å². The Morgan fingerprint density at radius 2 is 0.800 bits per heavy atom. The molecule has 0 aliphatic carbocycles. The molecule has 9 heteroatoms. The summed E-state index contributed by atoms with van der Waals surface area (Å²) in [6.45, 7) is 0. The van der Waals surface area contributed by atoms with Gasteiger partial charge in [0.15, 0.2) is 40.7 Å². The Hall–Kier alpha value is -2.71. The Kier molecular flexibility index (Phi) is 3.89. The molecule has 25 heavy (non-hydrogen) atoms. The highest BCUT2D eigenvalue weighted by Gasteiger charge is 2.32. The molecule has 0 aliphatic rings. The first kappa shape index (κ1) is 17.1. The Morgan fingerprint density at radius 3 is 1.28 bits per heavy atom. The molecule has 0 heterocycles. The molecule has 0 amide bonds. The standard InChI is InChI=1S/C16H3F9/c17-4-2-1-3-5(18)6(4)7-8-9(12(21)14(23)10(7)19)13(22)16(25)15(24)11(8)20/h1-3H. The van der Waals surface area contributed by atoms with Gasteiger partial charge in [-0.2, -0.15) is 0 Å². The van der Waals surface area contributed by atoms with Gasteiger partial charge in [-0.25, -0.2) is 39.5 Å². The fraction of sp³-hybridized carbons (Fsp3) is 0. The molecular formula is C16H3F9. The second kappa shape index (κ2) is 5.68. The molecule has 3 rings (SSSR count). The Balaban J connectivity index is 2.70. The fourth-order valence-corrected chi connectivity index (χ4v) is 2.47. The van der Waals surface area contributed by atoms with Crippen molar-refractivity contribution in [2.45, 2.75) is 0 Å². The minimum atomic E-state index is -2.49. The molecule has 0 aromatic heterocycles. The summed E-state index contributed by atoms with van der Waals surface area (Å²) >= 11 is 0. The lowest BCUT2D eigenvalue weighted by Gasteiger charge is -2.14. The summed E-state index contributed by atoms with van der Waals surface area (Å²) in [5.74, 6) is -19.9. The maximum absolute atomic E-state index is 14.1. The van der Waals surface area contributed by atoms with E-state index in [4.69, 9.17) is 0 Å². The van der Waals surface area contributed by atoms with E-state index < -0.39 is 74.3 Å². The van der Waals surface area contributed by atoms with Gasteiger partial charge in [0.2, 0.25) is 0 Å². The average Bonchev–Trinajstić information content (AvgIpc) is 2.57. The van der Waals surface area contributed by atoms with Crippen molar-refractivity contribution in [3.8, 4) is 11.1 Å². The normalized spacial score (nSPS) is 11.4. The van der Waals surface area contributed by atoms with Crippen molar-refractivity contribution in [2.75, 3.05) is 0 Å². The number of hydrogen-bond acceptors (Lipinski definition) is 0. The molecule has 0 saturated heterocycles. The van der Waals surface area contributed by atoms with Gasteiger partial charge in [0.1, 0.15) is 11.6 Å². The molecule has 0 aliphatic heterocycles. The van der Waals surface area contributed by atoms with E-state index in [0.29, 0.717) is 12.1 Å². The van der Waals surface area contributed by atoms with Crippen LogP contribution in [0.5, 0.6) is 0 Å². The second-order valence-corrected chi connectivity index (χ2v) is 4.92. The number of halogens is 9. The van der Waals surface area contributed by atoms with Crippen molar-refractivity contribution in [1.82, 2.24) is 0 Å². The SMILES string of the molecule is Fc1cccc(F)c1-c1c(F)c(F)c(F)c2c(F)c(F)c(F)c(F)c12. The van der Waals surface area contributed by atoms with Crippen LogP contribution in [0.2, 0.25) is 0 Å². The monoisotopic (exact) mass is 366 g/mol. The van der Waals surface area contributed by atoms with Crippen LogP contribution >= 0.6 is 0 Å². The maximum Gasteiger partial charge on any atom is 0.198 e. The van der Waals surface area contributed by atoms with Gasteiger partial charge in [0.25, 0.3) is 0 Å². The topological polar surface area (TPSA) is 0 Å². The van der Waals surface area contributed by atoms with Crippen LogP contribution in [-0.2, 0) is 0 Å². The van der Waals surface area contributed by atoms with Crippen LogP contribution in [0.3, 0.4) is 0 Å². The molecular weight excluding hydrogens is 363 g/mol. The van der Waals surface area contributed by atoms with Crippen LogP contribution in [0.4, 0.5) is 39.5 Å². The minimum Gasteiger partial charge on any atom is -0.206 e. The molecule has 0 fully saturated rings. The Labute approximate surface area is 133 Å². The highest BCUT2D eigenvalue weighted by atomic mass is 19.2. The van der Waals surface area contributed by atoms with Gasteiger partial charge in [-0.3, -0.25) is 0 Å². The summed E-state index contributed by atoms with van der Waals surface area (Å²) in [5, 5.41) is -3.48. The van der Waals surface area contributed by atoms with Gasteiger partial charge in [-0.1, -0.05) is 6.07 Å². The van der Waals surface area contributed by atoms with E-state index in [1.165, 1.54) is 0 Å². The predicted molar refractivity (Wildman–Crippen MR) is 69.0 cm³/mol. The van der Waals surface area contributed by atoms with Crippen LogP contribution in [0.1, 0.15) is 0 Å². The number of fused-ring (bicyclic) bond motifs is 1. The summed E-state index contributed by atoms with van der Waals surface area (Å²) < 4.78 is 124. The van der Waals surface area contributed by atoms with Gasteiger partial charge in [0.05, 0.1) is 10.9 Å². The molecule has 0 nitrogen and oxygen atoms in total. The zero-order valence-corrected chi connectivity index (χ0v) is 11.6. The average molecular weight is 366 g/mol. The molecule has 0 atom stereocenters. The fourth-order valence-electron chi connectivity index (χ4n) is 2.47. The third-order valence-corrected chi connectivity index (χ3v) is 3.55. The van der Waals surface area contributed by atoms with Crippen LogP contribution in [0.25, 0.3) is 21.9 Å². The summed E-state index contributed by atoms with van der Waals surface area (Å²) in [6.07, 6.45) is 0. The summed E-state index contributed by atoms with van der Waals surface area (Å²) in [6, 6.07) is 1.96. The van der Waals surface area contributed by atoms with E-state index in [-0.39, 0.29) is 0 Å². The van der Waals surface area contributed by atoms with Crippen molar-refractivity contribution in [3.05, 3.63) is 70.6 Å². The summed E-state index contributed by atoms with van der Waals surface area (Å²) in [7, 11) is 0. The lowest BCUT2D eigenvalue weighted by molar-refractivity contribution is 0.410. The maximum atomic E-state index is 14.1. The van der Waals surface area contributed by atoms with E-state index in [0.717, 1.165) is 6.07 Å². The first-order chi connectivity index (χ1) is 11.7. The van der Waals surface area contributed by atoms with Gasteiger partial charge >= 0.3 is 0 Å². The molecule has 0 bridgehead atoms. The van der Waals surface area contributed by atoms with Gasteiger partial charge in [-0.05, 0) is 12.1 Å². The van der Waals surface area contributed by atoms with E-state index in [2.05, 4.69) is 0 Å². The van der Waals surface area contributed by atoms with Crippen molar-refractivity contribution in [2.24, 2.45) is 0 Å². The smallest absolute Gasteiger partial charge is 0.198 e. The number of hydrogen-bond donors (Lipinski definition) is 0. The Morgan fingerprint density at radius 1 is 0.400 bits per heavy atom. The first-order valence-corrected chi connectivity index (χ1v) is 6.44. The highest BCUT2D eigenvalue weighted by Crippen LogP contribution is 2.41. The largest absolute Gasteiger partial charge is 0.206 e. The molecule has 0 radical (unpaired) electrons. The zero-order valence-electron chi connectivity index (χ0n) is 11.6. The molecule has 130 valence electrons. The van der Waals surface area contributed by atoms with Crippen LogP contribution in [0.15, 0.2) is 18.2 Å². The molecule has 0 spiro atoms. The van der Waals surface area contributed by atoms with Crippen molar-refractivity contribution in [3.63, 3.8) is 0 Å². The molecule has 0 saturated carbocycles. The van der Waals surface area contributed by atoms with E-state index in [1.807, 2.05) is 0 Å². The van der Waals surface area contributed by atoms with Crippen LogP contribution in [-0.4, -0.2) is 0 Å². The third-order valence-electron chi connectivity index (χ3n) is 3.55. The molecule has 3 aromatic carbocycles. The van der Waals surface area contributed by atoms with Crippen LogP contribution in [0, 0.1) is 52.4 Å². The molecule has 3 aromatic rings. The lowest BCUT2D eigenvalue weighted by Crippen LogP contribution is -2.07. The summed E-state index contributed by atoms with van der Waals surface area (Å²) in [5.41, 5.74) is -3.01. The van der Waals surface area contributed by atoms with E-state index in [9.17, 15) is 39.5 Å². The van der Waals surface area contributed by atoms with Gasteiger partial charge in [-0.15, -0.1) is 0 Å².